The molecule has 0 heterocycles. The number of carbonyl (C=O) groups excluding carboxylic acids is 2. The molecule has 23 heavy (non-hydrogen) atoms. The van der Waals surface area contributed by atoms with Gasteiger partial charge in [0, 0.05) is 0 Å². The van der Waals surface area contributed by atoms with Crippen molar-refractivity contribution in [3.8, 4) is 0 Å². The van der Waals surface area contributed by atoms with Crippen molar-refractivity contribution in [2.24, 2.45) is 22.7 Å². The molecular weight excluding hydrogens is 284 g/mol. The van der Waals surface area contributed by atoms with Crippen LogP contribution >= 0.6 is 0 Å². The maximum Gasteiger partial charge on any atom is 0.166 e. The van der Waals surface area contributed by atoms with Crippen molar-refractivity contribution in [1.29, 1.82) is 0 Å². The summed E-state index contributed by atoms with van der Waals surface area (Å²) in [6.07, 6.45) is 1.54. The fourth-order valence-electron chi connectivity index (χ4n) is 4.48. The topological polar surface area (TPSA) is 34.1 Å². The summed E-state index contributed by atoms with van der Waals surface area (Å²) in [5.74, 6) is -0.431. The van der Waals surface area contributed by atoms with Crippen LogP contribution in [0.15, 0.2) is 33.9 Å². The van der Waals surface area contributed by atoms with Crippen molar-refractivity contribution in [1.82, 2.24) is 0 Å². The zero-order valence-electron chi connectivity index (χ0n) is 16.0. The minimum Gasteiger partial charge on any atom is -0.294 e. The molecule has 0 aliphatic heterocycles. The zero-order valence-corrected chi connectivity index (χ0v) is 16.0. The summed E-state index contributed by atoms with van der Waals surface area (Å²) in [4.78, 5) is 25.5. The van der Waals surface area contributed by atoms with Crippen molar-refractivity contribution in [2.45, 2.75) is 62.3 Å². The molecule has 0 aromatic heterocycles. The summed E-state index contributed by atoms with van der Waals surface area (Å²) in [6, 6.07) is 0. The molecule has 0 saturated carbocycles. The maximum atomic E-state index is 12.8. The molecule has 2 atom stereocenters. The maximum absolute atomic E-state index is 12.8. The molecule has 0 bridgehead atoms. The van der Waals surface area contributed by atoms with Gasteiger partial charge in [-0.05, 0) is 54.4 Å². The van der Waals surface area contributed by atoms with Crippen molar-refractivity contribution in [3.63, 3.8) is 0 Å². The van der Waals surface area contributed by atoms with Crippen molar-refractivity contribution >= 4 is 11.6 Å². The molecule has 0 fully saturated rings. The molecule has 126 valence electrons. The molecule has 0 spiro atoms. The fourth-order valence-corrected chi connectivity index (χ4v) is 4.48. The van der Waals surface area contributed by atoms with E-state index < -0.39 is 0 Å². The predicted octanol–water partition coefficient (Wildman–Crippen LogP) is 5.06. The molecule has 2 aliphatic carbocycles. The minimum absolute atomic E-state index is 0.0571. The Bertz CT molecular complexity index is 670. The van der Waals surface area contributed by atoms with Gasteiger partial charge in [-0.3, -0.25) is 9.59 Å². The number of Topliss-reactive ketones (excluding diaryl/α,β-unsaturated/α-hetero) is 1. The van der Waals surface area contributed by atoms with Crippen LogP contribution in [-0.4, -0.2) is 11.6 Å². The van der Waals surface area contributed by atoms with Gasteiger partial charge in [0.25, 0.3) is 0 Å². The Hall–Kier alpha value is -1.44. The van der Waals surface area contributed by atoms with E-state index in [1.807, 2.05) is 0 Å². The van der Waals surface area contributed by atoms with Crippen LogP contribution in [0.1, 0.15) is 62.3 Å². The lowest BCUT2D eigenvalue weighted by atomic mass is 9.58. The molecule has 0 saturated heterocycles. The van der Waals surface area contributed by atoms with E-state index in [2.05, 4.69) is 55.4 Å². The van der Waals surface area contributed by atoms with Gasteiger partial charge in [-0.15, -0.1) is 0 Å². The van der Waals surface area contributed by atoms with Crippen LogP contribution in [0.4, 0.5) is 0 Å². The number of allylic oxidation sites excluding steroid dienone is 6. The van der Waals surface area contributed by atoms with E-state index in [4.69, 9.17) is 0 Å². The predicted molar refractivity (Wildman–Crippen MR) is 95.1 cm³/mol. The second-order valence-electron chi connectivity index (χ2n) is 9.17. The highest BCUT2D eigenvalue weighted by Gasteiger charge is 2.47. The number of carbonyl (C=O) groups is 2. The van der Waals surface area contributed by atoms with Gasteiger partial charge in [0.2, 0.25) is 0 Å². The van der Waals surface area contributed by atoms with Crippen LogP contribution in [0.2, 0.25) is 0 Å². The SMILES string of the molecule is CC1=CC(=O)[C@@H]2C(C)=C(C(C)(C)C)C(C(C)(C)C)=C(C)[C@@H]2C1=O. The third-order valence-corrected chi connectivity index (χ3v) is 5.14. The molecule has 2 rings (SSSR count). The van der Waals surface area contributed by atoms with Crippen molar-refractivity contribution in [2.75, 3.05) is 0 Å². The highest BCUT2D eigenvalue weighted by atomic mass is 16.1. The molecule has 0 radical (unpaired) electrons. The van der Waals surface area contributed by atoms with E-state index in [-0.39, 0.29) is 34.2 Å². The Morgan fingerprint density at radius 2 is 1.13 bits per heavy atom. The van der Waals surface area contributed by atoms with Gasteiger partial charge in [0.05, 0.1) is 11.8 Å². The first-order valence-electron chi connectivity index (χ1n) is 8.47. The number of ketones is 2. The summed E-state index contributed by atoms with van der Waals surface area (Å²) in [5, 5.41) is 0. The Labute approximate surface area is 140 Å². The molecular formula is C21H30O2. The fraction of sp³-hybridized carbons (Fsp3) is 0.619. The Kier molecular flexibility index (Phi) is 4.12. The molecule has 2 aliphatic rings. The van der Waals surface area contributed by atoms with Crippen LogP contribution in [0, 0.1) is 22.7 Å². The van der Waals surface area contributed by atoms with E-state index in [1.165, 1.54) is 11.1 Å². The van der Waals surface area contributed by atoms with Crippen LogP contribution in [0.3, 0.4) is 0 Å². The average Bonchev–Trinajstić information content (AvgIpc) is 2.34. The largest absolute Gasteiger partial charge is 0.294 e. The number of fused-ring (bicyclic) bond motifs is 1. The molecule has 2 heteroatoms. The van der Waals surface area contributed by atoms with E-state index in [9.17, 15) is 9.59 Å². The highest BCUT2D eigenvalue weighted by molar-refractivity contribution is 6.13. The molecule has 0 aromatic carbocycles. The first kappa shape index (κ1) is 17.9. The number of hydrogen-bond donors (Lipinski definition) is 0. The Morgan fingerprint density at radius 3 is 1.52 bits per heavy atom. The third kappa shape index (κ3) is 2.77. The van der Waals surface area contributed by atoms with Gasteiger partial charge < -0.3 is 0 Å². The first-order chi connectivity index (χ1) is 10.3. The van der Waals surface area contributed by atoms with Gasteiger partial charge in [0.15, 0.2) is 11.6 Å². The third-order valence-electron chi connectivity index (χ3n) is 5.14. The van der Waals surface area contributed by atoms with E-state index in [0.717, 1.165) is 11.1 Å². The Morgan fingerprint density at radius 1 is 0.739 bits per heavy atom. The number of rotatable bonds is 0. The normalized spacial score (nSPS) is 26.6. The van der Waals surface area contributed by atoms with Crippen LogP contribution in [-0.2, 0) is 9.59 Å². The summed E-state index contributed by atoms with van der Waals surface area (Å²) < 4.78 is 0. The molecule has 0 unspecified atom stereocenters. The summed E-state index contributed by atoms with van der Waals surface area (Å²) in [5.41, 5.74) is 5.17. The summed E-state index contributed by atoms with van der Waals surface area (Å²) >= 11 is 0. The van der Waals surface area contributed by atoms with Crippen LogP contribution < -0.4 is 0 Å². The van der Waals surface area contributed by atoms with E-state index in [1.54, 1.807) is 13.0 Å². The van der Waals surface area contributed by atoms with Crippen LogP contribution in [0.25, 0.3) is 0 Å². The Balaban J connectivity index is 2.85. The van der Waals surface area contributed by atoms with Gasteiger partial charge in [-0.2, -0.15) is 0 Å². The second kappa shape index (κ2) is 5.29. The zero-order chi connectivity index (χ0) is 17.9. The molecule has 0 amide bonds. The lowest BCUT2D eigenvalue weighted by Gasteiger charge is -2.45. The van der Waals surface area contributed by atoms with Gasteiger partial charge >= 0.3 is 0 Å². The van der Waals surface area contributed by atoms with Gasteiger partial charge in [0.1, 0.15) is 0 Å². The van der Waals surface area contributed by atoms with E-state index >= 15 is 0 Å². The van der Waals surface area contributed by atoms with Crippen molar-refractivity contribution in [3.05, 3.63) is 33.9 Å². The monoisotopic (exact) mass is 314 g/mol. The first-order valence-corrected chi connectivity index (χ1v) is 8.47. The molecule has 0 aromatic rings. The highest BCUT2D eigenvalue weighted by Crippen LogP contribution is 2.52. The quantitative estimate of drug-likeness (QED) is 0.626. The summed E-state index contributed by atoms with van der Waals surface area (Å²) in [7, 11) is 0. The minimum atomic E-state index is -0.313. The smallest absolute Gasteiger partial charge is 0.166 e. The van der Waals surface area contributed by atoms with E-state index in [0.29, 0.717) is 5.57 Å². The van der Waals surface area contributed by atoms with Crippen molar-refractivity contribution < 1.29 is 9.59 Å². The van der Waals surface area contributed by atoms with Gasteiger partial charge in [-0.1, -0.05) is 52.7 Å². The number of hydrogen-bond acceptors (Lipinski definition) is 2. The lowest BCUT2D eigenvalue weighted by Crippen LogP contribution is -2.41. The standard InChI is InChI=1S/C21H30O2/c1-11-10-14(22)15-12(2)17(20(4,5)6)18(21(7,8)9)13(3)16(15)19(11)23/h10,15-16H,1-9H3/t15-,16-/m0/s1. The average molecular weight is 314 g/mol. The lowest BCUT2D eigenvalue weighted by molar-refractivity contribution is -0.127. The molecule has 0 N–H and O–H groups in total. The molecule has 2 nitrogen and oxygen atoms in total. The summed E-state index contributed by atoms with van der Waals surface area (Å²) in [6.45, 7) is 19.0. The van der Waals surface area contributed by atoms with Crippen LogP contribution in [0.5, 0.6) is 0 Å². The second-order valence-corrected chi connectivity index (χ2v) is 9.17. The van der Waals surface area contributed by atoms with Gasteiger partial charge in [-0.25, -0.2) is 0 Å².